The van der Waals surface area contributed by atoms with Crippen LogP contribution < -0.4 is 0 Å². The molecule has 0 radical (unpaired) electrons. The zero-order chi connectivity index (χ0) is 17.1. The van der Waals surface area contributed by atoms with Crippen molar-refractivity contribution < 1.29 is 19.1 Å². The van der Waals surface area contributed by atoms with Crippen LogP contribution in [0.25, 0.3) is 0 Å². The first kappa shape index (κ1) is 15.8. The average Bonchev–Trinajstić information content (AvgIpc) is 3.22. The summed E-state index contributed by atoms with van der Waals surface area (Å²) in [7, 11) is 1.35. The molecule has 5 nitrogen and oxygen atoms in total. The fourth-order valence-corrected chi connectivity index (χ4v) is 4.45. The molecule has 0 aliphatic carbocycles. The van der Waals surface area contributed by atoms with Crippen LogP contribution in [0.15, 0.2) is 40.9 Å². The molecule has 1 aromatic rings. The lowest BCUT2D eigenvalue weighted by Crippen LogP contribution is -2.39. The zero-order valence-electron chi connectivity index (χ0n) is 13.4. The van der Waals surface area contributed by atoms with Crippen molar-refractivity contribution in [2.45, 2.75) is 24.7 Å². The molecule has 126 valence electrons. The molecule has 3 heterocycles. The largest absolute Gasteiger partial charge is 0.469 e. The van der Waals surface area contributed by atoms with E-state index in [1.807, 2.05) is 48.2 Å². The van der Waals surface area contributed by atoms with Crippen molar-refractivity contribution in [3.05, 3.63) is 46.5 Å². The summed E-state index contributed by atoms with van der Waals surface area (Å²) in [5.41, 5.74) is 0.362. The van der Waals surface area contributed by atoms with Gasteiger partial charge in [-0.2, -0.15) is 0 Å². The smallest absolute Gasteiger partial charge is 0.312 e. The second-order valence-electron chi connectivity index (χ2n) is 6.62. The summed E-state index contributed by atoms with van der Waals surface area (Å²) in [4.78, 5) is 27.1. The molecule has 1 aromatic carbocycles. The molecule has 0 aromatic heterocycles. The Morgan fingerprint density at radius 2 is 2.12 bits per heavy atom. The highest BCUT2D eigenvalue weighted by atomic mass is 79.9. The van der Waals surface area contributed by atoms with Gasteiger partial charge in [-0.05, 0) is 24.6 Å². The minimum Gasteiger partial charge on any atom is -0.469 e. The second kappa shape index (κ2) is 5.43. The summed E-state index contributed by atoms with van der Waals surface area (Å²) in [6.45, 7) is 2.47. The number of esters is 1. The number of carbonyl (C=O) groups excluding carboxylic acids is 2. The highest BCUT2D eigenvalue weighted by Gasteiger charge is 2.67. The molecule has 1 amide bonds. The summed E-state index contributed by atoms with van der Waals surface area (Å²) < 4.78 is 11.9. The van der Waals surface area contributed by atoms with Gasteiger partial charge in [-0.15, -0.1) is 0 Å². The number of carbonyl (C=O) groups is 2. The lowest BCUT2D eigenvalue weighted by Gasteiger charge is -2.27. The summed E-state index contributed by atoms with van der Waals surface area (Å²) in [6.07, 6.45) is 3.49. The first-order chi connectivity index (χ1) is 11.5. The van der Waals surface area contributed by atoms with E-state index in [2.05, 4.69) is 15.9 Å². The van der Waals surface area contributed by atoms with Gasteiger partial charge in [-0.25, -0.2) is 0 Å². The van der Waals surface area contributed by atoms with Crippen molar-refractivity contribution in [1.29, 1.82) is 0 Å². The third-order valence-corrected chi connectivity index (χ3v) is 5.95. The maximum absolute atomic E-state index is 13.1. The van der Waals surface area contributed by atoms with Gasteiger partial charge in [0.1, 0.15) is 11.5 Å². The van der Waals surface area contributed by atoms with Gasteiger partial charge in [0.15, 0.2) is 0 Å². The zero-order valence-corrected chi connectivity index (χ0v) is 15.0. The van der Waals surface area contributed by atoms with Gasteiger partial charge in [-0.1, -0.05) is 40.2 Å². The summed E-state index contributed by atoms with van der Waals surface area (Å²) in [6, 6.07) is 7.84. The molecular weight excluding hydrogens is 374 g/mol. The van der Waals surface area contributed by atoms with Crippen molar-refractivity contribution in [2.24, 2.45) is 11.8 Å². The fraction of sp³-hybridized carbons (Fsp3) is 0.444. The maximum Gasteiger partial charge on any atom is 0.312 e. The Labute approximate surface area is 148 Å². The number of nitrogens with zero attached hydrogens (tertiary/aromatic N) is 1. The van der Waals surface area contributed by atoms with Crippen molar-refractivity contribution in [3.8, 4) is 0 Å². The quantitative estimate of drug-likeness (QED) is 0.586. The number of likely N-dealkylation sites (tertiary alicyclic amines) is 1. The van der Waals surface area contributed by atoms with E-state index in [0.29, 0.717) is 6.54 Å². The molecular formula is C18H18BrNO4. The molecule has 3 aliphatic rings. The molecule has 0 saturated carbocycles. The molecule has 4 rings (SSSR count). The predicted octanol–water partition coefficient (Wildman–Crippen LogP) is 2.47. The first-order valence-corrected chi connectivity index (χ1v) is 8.77. The number of methoxy groups -OCH3 is 1. The van der Waals surface area contributed by atoms with Crippen LogP contribution in [0.4, 0.5) is 0 Å². The molecule has 24 heavy (non-hydrogen) atoms. The lowest BCUT2D eigenvalue weighted by molar-refractivity contribution is -0.151. The molecule has 6 heteroatoms. The number of rotatable bonds is 3. The van der Waals surface area contributed by atoms with E-state index in [9.17, 15) is 9.59 Å². The molecule has 2 bridgehead atoms. The van der Waals surface area contributed by atoms with Gasteiger partial charge in [0, 0.05) is 4.47 Å². The van der Waals surface area contributed by atoms with Crippen LogP contribution in [0.5, 0.6) is 0 Å². The standard InChI is InChI=1S/C18H18BrNO4/c1-10(11-3-5-12(19)6-4-11)20-9-18-8-7-13(24-18)14(17(22)23-2)15(18)16(20)21/h3-8,10,13-15H,9H2,1-2H3. The van der Waals surface area contributed by atoms with Crippen LogP contribution in [0.1, 0.15) is 18.5 Å². The number of hydrogen-bond acceptors (Lipinski definition) is 4. The number of benzene rings is 1. The van der Waals surface area contributed by atoms with E-state index >= 15 is 0 Å². The van der Waals surface area contributed by atoms with E-state index < -0.39 is 17.4 Å². The van der Waals surface area contributed by atoms with E-state index in [-0.39, 0.29) is 24.0 Å². The number of fused-ring (bicyclic) bond motifs is 1. The maximum atomic E-state index is 13.1. The monoisotopic (exact) mass is 391 g/mol. The average molecular weight is 392 g/mol. The van der Waals surface area contributed by atoms with E-state index in [0.717, 1.165) is 10.0 Å². The topological polar surface area (TPSA) is 55.8 Å². The number of halogens is 1. The highest BCUT2D eigenvalue weighted by Crippen LogP contribution is 2.53. The molecule has 3 aliphatic heterocycles. The Kier molecular flexibility index (Phi) is 3.58. The molecule has 2 saturated heterocycles. The Balaban J connectivity index is 1.65. The van der Waals surface area contributed by atoms with E-state index in [1.165, 1.54) is 7.11 Å². The van der Waals surface area contributed by atoms with Crippen LogP contribution in [0, 0.1) is 11.8 Å². The Morgan fingerprint density at radius 3 is 2.79 bits per heavy atom. The second-order valence-corrected chi connectivity index (χ2v) is 7.53. The van der Waals surface area contributed by atoms with Crippen LogP contribution in [0.3, 0.4) is 0 Å². The minimum atomic E-state index is -0.690. The first-order valence-electron chi connectivity index (χ1n) is 7.98. The molecule has 0 N–H and O–H groups in total. The van der Waals surface area contributed by atoms with Crippen molar-refractivity contribution >= 4 is 27.8 Å². The van der Waals surface area contributed by atoms with Gasteiger partial charge in [0.25, 0.3) is 0 Å². The van der Waals surface area contributed by atoms with E-state index in [4.69, 9.17) is 9.47 Å². The summed E-state index contributed by atoms with van der Waals surface area (Å²) in [5.74, 6) is -1.44. The predicted molar refractivity (Wildman–Crippen MR) is 90.0 cm³/mol. The normalized spacial score (nSPS) is 34.5. The van der Waals surface area contributed by atoms with Crippen LogP contribution in [0.2, 0.25) is 0 Å². The minimum absolute atomic E-state index is 0.0346. The number of hydrogen-bond donors (Lipinski definition) is 0. The van der Waals surface area contributed by atoms with Crippen molar-refractivity contribution in [1.82, 2.24) is 4.90 Å². The molecule has 5 atom stereocenters. The Morgan fingerprint density at radius 1 is 1.42 bits per heavy atom. The van der Waals surface area contributed by atoms with Gasteiger partial charge in [-0.3, -0.25) is 9.59 Å². The fourth-order valence-electron chi connectivity index (χ4n) is 4.18. The Bertz CT molecular complexity index is 731. The Hall–Kier alpha value is -1.66. The van der Waals surface area contributed by atoms with E-state index in [1.54, 1.807) is 0 Å². The SMILES string of the molecule is COC(=O)C1C2C=CC3(CN(C(C)c4ccc(Br)cc4)C(=O)C13)O2. The third-order valence-electron chi connectivity index (χ3n) is 5.42. The summed E-state index contributed by atoms with van der Waals surface area (Å²) >= 11 is 3.43. The van der Waals surface area contributed by atoms with Gasteiger partial charge < -0.3 is 14.4 Å². The van der Waals surface area contributed by atoms with Crippen molar-refractivity contribution in [2.75, 3.05) is 13.7 Å². The third kappa shape index (κ3) is 2.09. The number of ether oxygens (including phenoxy) is 2. The molecule has 2 fully saturated rings. The summed E-state index contributed by atoms with van der Waals surface area (Å²) in [5, 5.41) is 0. The highest BCUT2D eigenvalue weighted by molar-refractivity contribution is 9.10. The molecule has 1 spiro atoms. The molecule has 5 unspecified atom stereocenters. The van der Waals surface area contributed by atoms with Crippen LogP contribution in [-0.2, 0) is 19.1 Å². The van der Waals surface area contributed by atoms with Crippen LogP contribution in [-0.4, -0.2) is 42.1 Å². The van der Waals surface area contributed by atoms with Gasteiger partial charge in [0.05, 0.1) is 31.7 Å². The lowest BCUT2D eigenvalue weighted by atomic mass is 9.77. The van der Waals surface area contributed by atoms with Crippen molar-refractivity contribution in [3.63, 3.8) is 0 Å². The van der Waals surface area contributed by atoms with Gasteiger partial charge >= 0.3 is 5.97 Å². The number of amides is 1. The van der Waals surface area contributed by atoms with Gasteiger partial charge in [0.2, 0.25) is 5.91 Å². The van der Waals surface area contributed by atoms with Crippen LogP contribution >= 0.6 is 15.9 Å².